The lowest BCUT2D eigenvalue weighted by atomic mass is 9.78. The van der Waals surface area contributed by atoms with Gasteiger partial charge in [-0.3, -0.25) is 4.79 Å². The van der Waals surface area contributed by atoms with E-state index in [9.17, 15) is 4.79 Å². The van der Waals surface area contributed by atoms with Gasteiger partial charge in [0.1, 0.15) is 5.78 Å². The molecule has 3 aliphatic carbocycles. The van der Waals surface area contributed by atoms with Crippen molar-refractivity contribution in [2.75, 3.05) is 0 Å². The maximum atomic E-state index is 12.9. The Kier molecular flexibility index (Phi) is 3.40. The third-order valence-corrected chi connectivity index (χ3v) is 6.48. The fraction of sp³-hybridized carbons (Fsp3) is 0.650. The molecule has 0 radical (unpaired) electrons. The van der Waals surface area contributed by atoms with Gasteiger partial charge in [-0.05, 0) is 67.4 Å². The minimum atomic E-state index is 0.372. The topological polar surface area (TPSA) is 17.1 Å². The highest BCUT2D eigenvalue weighted by Crippen LogP contribution is 2.61. The van der Waals surface area contributed by atoms with Crippen LogP contribution < -0.4 is 0 Å². The molecule has 1 nitrogen and oxygen atoms in total. The zero-order valence-electron chi connectivity index (χ0n) is 13.1. The zero-order chi connectivity index (χ0) is 14.4. The molecule has 0 saturated heterocycles. The van der Waals surface area contributed by atoms with Crippen LogP contribution in [-0.2, 0) is 11.2 Å². The third-order valence-electron chi connectivity index (χ3n) is 6.48. The first-order valence-electron chi connectivity index (χ1n) is 8.91. The van der Waals surface area contributed by atoms with Crippen LogP contribution in [0.3, 0.4) is 0 Å². The van der Waals surface area contributed by atoms with Crippen LogP contribution in [-0.4, -0.2) is 5.78 Å². The van der Waals surface area contributed by atoms with Crippen molar-refractivity contribution >= 4 is 5.78 Å². The van der Waals surface area contributed by atoms with Crippen molar-refractivity contribution in [3.8, 4) is 0 Å². The molecule has 0 N–H and O–H groups in total. The summed E-state index contributed by atoms with van der Waals surface area (Å²) in [6, 6.07) is 8.82. The number of Topliss-reactive ketones (excluding diaryl/α,β-unsaturated/α-hetero) is 1. The van der Waals surface area contributed by atoms with Gasteiger partial charge in [0, 0.05) is 11.8 Å². The average molecular weight is 282 g/mol. The lowest BCUT2D eigenvalue weighted by Crippen LogP contribution is -2.23. The summed E-state index contributed by atoms with van der Waals surface area (Å²) >= 11 is 0. The summed E-state index contributed by atoms with van der Waals surface area (Å²) in [7, 11) is 0. The standard InChI is InChI=1S/C20H26O/c1-2-13-7-9-15(10-8-13)20(21)19-17-12-11-14-5-3-4-6-16(14)18(17)19/h3-6,13,15,17-19H,2,7-12H2,1H3. The van der Waals surface area contributed by atoms with Crippen molar-refractivity contribution < 1.29 is 4.79 Å². The van der Waals surface area contributed by atoms with Crippen molar-refractivity contribution in [3.63, 3.8) is 0 Å². The highest BCUT2D eigenvalue weighted by molar-refractivity contribution is 5.88. The Morgan fingerprint density at radius 2 is 1.86 bits per heavy atom. The molecule has 0 aromatic heterocycles. The number of benzene rings is 1. The van der Waals surface area contributed by atoms with Crippen LogP contribution in [0.5, 0.6) is 0 Å². The number of ketones is 1. The molecule has 3 unspecified atom stereocenters. The zero-order valence-corrected chi connectivity index (χ0v) is 13.1. The van der Waals surface area contributed by atoms with Gasteiger partial charge in [-0.1, -0.05) is 37.6 Å². The summed E-state index contributed by atoms with van der Waals surface area (Å²) in [5.74, 6) is 3.52. The Balaban J connectivity index is 1.46. The number of hydrogen-bond acceptors (Lipinski definition) is 1. The Hall–Kier alpha value is -1.11. The molecular weight excluding hydrogens is 256 g/mol. The van der Waals surface area contributed by atoms with Crippen molar-refractivity contribution in [1.29, 1.82) is 0 Å². The van der Waals surface area contributed by atoms with Crippen LogP contribution >= 0.6 is 0 Å². The second-order valence-corrected chi connectivity index (χ2v) is 7.48. The van der Waals surface area contributed by atoms with Crippen molar-refractivity contribution in [2.45, 2.75) is 57.8 Å². The first-order chi connectivity index (χ1) is 10.3. The summed E-state index contributed by atoms with van der Waals surface area (Å²) < 4.78 is 0. The van der Waals surface area contributed by atoms with E-state index in [0.717, 1.165) is 18.8 Å². The first-order valence-corrected chi connectivity index (χ1v) is 8.91. The van der Waals surface area contributed by atoms with Crippen LogP contribution in [0.2, 0.25) is 0 Å². The monoisotopic (exact) mass is 282 g/mol. The highest BCUT2D eigenvalue weighted by atomic mass is 16.1. The molecule has 0 aliphatic heterocycles. The summed E-state index contributed by atoms with van der Waals surface area (Å²) in [6.45, 7) is 2.29. The van der Waals surface area contributed by atoms with Crippen LogP contribution in [0, 0.1) is 23.7 Å². The molecule has 3 aliphatic rings. The Morgan fingerprint density at radius 3 is 2.62 bits per heavy atom. The van der Waals surface area contributed by atoms with E-state index in [1.54, 1.807) is 0 Å². The first kappa shape index (κ1) is 13.5. The summed E-state index contributed by atoms with van der Waals surface area (Å²) in [4.78, 5) is 12.9. The summed E-state index contributed by atoms with van der Waals surface area (Å²) in [6.07, 6.45) is 8.61. The number of hydrogen-bond donors (Lipinski definition) is 0. The molecule has 4 rings (SSSR count). The van der Waals surface area contributed by atoms with Crippen LogP contribution in [0.1, 0.15) is 62.5 Å². The Morgan fingerprint density at radius 1 is 1.10 bits per heavy atom. The van der Waals surface area contributed by atoms with E-state index >= 15 is 0 Å². The summed E-state index contributed by atoms with van der Waals surface area (Å²) in [5.41, 5.74) is 3.00. The molecule has 0 bridgehead atoms. The lowest BCUT2D eigenvalue weighted by molar-refractivity contribution is -0.125. The van der Waals surface area contributed by atoms with Crippen molar-refractivity contribution in [1.82, 2.24) is 0 Å². The number of carbonyl (C=O) groups excluding carboxylic acids is 1. The molecular formula is C20H26O. The fourth-order valence-electron chi connectivity index (χ4n) is 5.08. The predicted molar refractivity (Wildman–Crippen MR) is 85.2 cm³/mol. The molecule has 2 saturated carbocycles. The molecule has 1 aromatic carbocycles. The molecule has 112 valence electrons. The van der Waals surface area contributed by atoms with E-state index in [1.165, 1.54) is 43.2 Å². The molecule has 0 spiro atoms. The normalized spacial score (nSPS) is 37.5. The average Bonchev–Trinajstić information content (AvgIpc) is 3.29. The van der Waals surface area contributed by atoms with Crippen molar-refractivity contribution in [2.24, 2.45) is 23.7 Å². The SMILES string of the molecule is CCC1CCC(C(=O)C2C3CCc4ccccc4C32)CC1. The minimum absolute atomic E-state index is 0.372. The van der Waals surface area contributed by atoms with Gasteiger partial charge in [-0.25, -0.2) is 0 Å². The van der Waals surface area contributed by atoms with Gasteiger partial charge in [0.2, 0.25) is 0 Å². The number of aryl methyl sites for hydroxylation is 1. The predicted octanol–water partition coefficient (Wildman–Crippen LogP) is 4.75. The van der Waals surface area contributed by atoms with Gasteiger partial charge >= 0.3 is 0 Å². The molecule has 1 aromatic rings. The van der Waals surface area contributed by atoms with E-state index in [0.29, 0.717) is 29.5 Å². The van der Waals surface area contributed by atoms with Crippen LogP contribution in [0.4, 0.5) is 0 Å². The van der Waals surface area contributed by atoms with Gasteiger partial charge in [0.15, 0.2) is 0 Å². The van der Waals surface area contributed by atoms with E-state index in [2.05, 4.69) is 31.2 Å². The second kappa shape index (κ2) is 5.26. The number of carbonyl (C=O) groups is 1. The Labute approximate surface area is 128 Å². The van der Waals surface area contributed by atoms with Gasteiger partial charge < -0.3 is 0 Å². The fourth-order valence-corrected chi connectivity index (χ4v) is 5.08. The molecule has 2 fully saturated rings. The number of rotatable bonds is 3. The second-order valence-electron chi connectivity index (χ2n) is 7.48. The Bertz CT molecular complexity index is 539. The quantitative estimate of drug-likeness (QED) is 0.782. The highest BCUT2D eigenvalue weighted by Gasteiger charge is 2.57. The lowest BCUT2D eigenvalue weighted by Gasteiger charge is -2.27. The van der Waals surface area contributed by atoms with Gasteiger partial charge in [-0.2, -0.15) is 0 Å². The van der Waals surface area contributed by atoms with Gasteiger partial charge in [0.25, 0.3) is 0 Å². The molecule has 3 atom stereocenters. The maximum absolute atomic E-state index is 12.9. The van der Waals surface area contributed by atoms with E-state index < -0.39 is 0 Å². The van der Waals surface area contributed by atoms with Crippen LogP contribution in [0.15, 0.2) is 24.3 Å². The smallest absolute Gasteiger partial charge is 0.139 e. The van der Waals surface area contributed by atoms with Gasteiger partial charge in [-0.15, -0.1) is 0 Å². The van der Waals surface area contributed by atoms with Gasteiger partial charge in [0.05, 0.1) is 0 Å². The maximum Gasteiger partial charge on any atom is 0.139 e. The molecule has 0 amide bonds. The molecule has 0 heterocycles. The molecule has 1 heteroatoms. The van der Waals surface area contributed by atoms with Crippen molar-refractivity contribution in [3.05, 3.63) is 35.4 Å². The van der Waals surface area contributed by atoms with E-state index in [4.69, 9.17) is 0 Å². The molecule has 21 heavy (non-hydrogen) atoms. The third kappa shape index (κ3) is 2.25. The summed E-state index contributed by atoms with van der Waals surface area (Å²) in [5, 5.41) is 0. The van der Waals surface area contributed by atoms with Crippen LogP contribution in [0.25, 0.3) is 0 Å². The largest absolute Gasteiger partial charge is 0.299 e. The van der Waals surface area contributed by atoms with E-state index in [1.807, 2.05) is 0 Å². The minimum Gasteiger partial charge on any atom is -0.299 e. The number of fused-ring (bicyclic) bond motifs is 3. The van der Waals surface area contributed by atoms with E-state index in [-0.39, 0.29) is 0 Å².